The predicted molar refractivity (Wildman–Crippen MR) is 81.0 cm³/mol. The van der Waals surface area contributed by atoms with Gasteiger partial charge in [0, 0.05) is 19.6 Å². The quantitative estimate of drug-likeness (QED) is 0.752. The Kier molecular flexibility index (Phi) is 6.62. The first kappa shape index (κ1) is 18.8. The summed E-state index contributed by atoms with van der Waals surface area (Å²) < 4.78 is 16.7. The molecule has 1 saturated heterocycles. The maximum atomic E-state index is 10.6. The first-order valence-electron chi connectivity index (χ1n) is 7.85. The lowest BCUT2D eigenvalue weighted by atomic mass is 9.70. The molecule has 1 rings (SSSR count). The summed E-state index contributed by atoms with van der Waals surface area (Å²) in [5.41, 5.74) is -0.623. The third kappa shape index (κ3) is 4.39. The minimum absolute atomic E-state index is 0.0577. The van der Waals surface area contributed by atoms with Gasteiger partial charge in [0.15, 0.2) is 6.29 Å². The standard InChI is InChI=1S/C16H32O5/c1-7-15(3,4)9-11-12(17)13(18)14(20-8-2)21-16(11,5)10-19-6/h11-14,17-18H,7-10H2,1-6H3. The van der Waals surface area contributed by atoms with E-state index in [2.05, 4.69) is 20.8 Å². The predicted octanol–water partition coefficient (Wildman–Crippen LogP) is 1.95. The van der Waals surface area contributed by atoms with E-state index in [0.29, 0.717) is 13.2 Å². The molecule has 0 aromatic heterocycles. The molecule has 1 heterocycles. The van der Waals surface area contributed by atoms with Crippen LogP contribution in [0, 0.1) is 11.3 Å². The highest BCUT2D eigenvalue weighted by Crippen LogP contribution is 2.42. The fraction of sp³-hybridized carbons (Fsp3) is 1.00. The molecule has 0 aromatic carbocycles. The average molecular weight is 304 g/mol. The number of aliphatic hydroxyl groups is 2. The maximum absolute atomic E-state index is 10.6. The molecule has 5 nitrogen and oxygen atoms in total. The van der Waals surface area contributed by atoms with Crippen molar-refractivity contribution in [1.29, 1.82) is 0 Å². The van der Waals surface area contributed by atoms with E-state index in [1.54, 1.807) is 7.11 Å². The summed E-state index contributed by atoms with van der Waals surface area (Å²) in [6, 6.07) is 0. The topological polar surface area (TPSA) is 68.2 Å². The summed E-state index contributed by atoms with van der Waals surface area (Å²) in [4.78, 5) is 0. The lowest BCUT2D eigenvalue weighted by Crippen LogP contribution is -2.62. The van der Waals surface area contributed by atoms with Crippen LogP contribution in [-0.4, -0.2) is 54.6 Å². The Hall–Kier alpha value is -0.200. The second-order valence-corrected chi connectivity index (χ2v) is 7.00. The Morgan fingerprint density at radius 3 is 2.29 bits per heavy atom. The third-order valence-electron chi connectivity index (χ3n) is 4.70. The lowest BCUT2D eigenvalue weighted by Gasteiger charge is -2.50. The van der Waals surface area contributed by atoms with E-state index in [1.165, 1.54) is 0 Å². The Bertz CT molecular complexity index is 320. The number of aliphatic hydroxyl groups excluding tert-OH is 2. The van der Waals surface area contributed by atoms with Crippen molar-refractivity contribution in [3.8, 4) is 0 Å². The number of ether oxygens (including phenoxy) is 3. The minimum atomic E-state index is -1.03. The molecule has 0 spiro atoms. The Morgan fingerprint density at radius 2 is 1.81 bits per heavy atom. The fourth-order valence-corrected chi connectivity index (χ4v) is 2.98. The minimum Gasteiger partial charge on any atom is -0.390 e. The highest BCUT2D eigenvalue weighted by atomic mass is 16.7. The molecule has 21 heavy (non-hydrogen) atoms. The summed E-state index contributed by atoms with van der Waals surface area (Å²) in [7, 11) is 1.61. The molecule has 0 saturated carbocycles. The average Bonchev–Trinajstić information content (AvgIpc) is 2.42. The van der Waals surface area contributed by atoms with Crippen molar-refractivity contribution in [3.05, 3.63) is 0 Å². The van der Waals surface area contributed by atoms with Crippen LogP contribution in [0.4, 0.5) is 0 Å². The van der Waals surface area contributed by atoms with E-state index >= 15 is 0 Å². The van der Waals surface area contributed by atoms with Gasteiger partial charge in [-0.3, -0.25) is 0 Å². The van der Waals surface area contributed by atoms with Gasteiger partial charge < -0.3 is 24.4 Å². The van der Waals surface area contributed by atoms with Gasteiger partial charge in [0.2, 0.25) is 0 Å². The van der Waals surface area contributed by atoms with Crippen LogP contribution in [0.1, 0.15) is 47.5 Å². The third-order valence-corrected chi connectivity index (χ3v) is 4.70. The molecule has 0 aromatic rings. The van der Waals surface area contributed by atoms with Gasteiger partial charge in [-0.25, -0.2) is 0 Å². The zero-order chi connectivity index (χ0) is 16.3. The van der Waals surface area contributed by atoms with Gasteiger partial charge in [0.05, 0.1) is 18.3 Å². The van der Waals surface area contributed by atoms with Crippen molar-refractivity contribution in [1.82, 2.24) is 0 Å². The van der Waals surface area contributed by atoms with Crippen LogP contribution in [0.15, 0.2) is 0 Å². The fourth-order valence-electron chi connectivity index (χ4n) is 2.98. The molecule has 0 radical (unpaired) electrons. The summed E-state index contributed by atoms with van der Waals surface area (Å²) in [6.07, 6.45) is -0.995. The van der Waals surface area contributed by atoms with E-state index in [0.717, 1.165) is 12.8 Å². The highest BCUT2D eigenvalue weighted by molar-refractivity contribution is 4.99. The largest absolute Gasteiger partial charge is 0.390 e. The molecule has 2 N–H and O–H groups in total. The van der Waals surface area contributed by atoms with Crippen LogP contribution in [0.2, 0.25) is 0 Å². The van der Waals surface area contributed by atoms with Crippen LogP contribution in [0.25, 0.3) is 0 Å². The van der Waals surface area contributed by atoms with Gasteiger partial charge in [0.25, 0.3) is 0 Å². The van der Waals surface area contributed by atoms with Gasteiger partial charge in [-0.2, -0.15) is 0 Å². The molecule has 1 aliphatic heterocycles. The smallest absolute Gasteiger partial charge is 0.186 e. The number of hydrogen-bond donors (Lipinski definition) is 2. The van der Waals surface area contributed by atoms with E-state index in [9.17, 15) is 10.2 Å². The summed E-state index contributed by atoms with van der Waals surface area (Å²) in [6.45, 7) is 11.0. The van der Waals surface area contributed by atoms with E-state index in [-0.39, 0.29) is 11.3 Å². The van der Waals surface area contributed by atoms with Gasteiger partial charge in [-0.15, -0.1) is 0 Å². The normalized spacial score (nSPS) is 37.7. The van der Waals surface area contributed by atoms with Crippen LogP contribution in [-0.2, 0) is 14.2 Å². The zero-order valence-corrected chi connectivity index (χ0v) is 14.3. The molecule has 1 fully saturated rings. The summed E-state index contributed by atoms with van der Waals surface area (Å²) in [5, 5.41) is 20.9. The lowest BCUT2D eigenvalue weighted by molar-refractivity contribution is -0.325. The van der Waals surface area contributed by atoms with Crippen LogP contribution in [0.3, 0.4) is 0 Å². The van der Waals surface area contributed by atoms with Gasteiger partial charge in [0.1, 0.15) is 6.10 Å². The molecule has 1 aliphatic rings. The molecule has 5 atom stereocenters. The Labute approximate surface area is 128 Å². The molecular weight excluding hydrogens is 272 g/mol. The second kappa shape index (κ2) is 7.38. The number of methoxy groups -OCH3 is 1. The van der Waals surface area contributed by atoms with Crippen molar-refractivity contribution in [3.63, 3.8) is 0 Å². The summed E-state index contributed by atoms with van der Waals surface area (Å²) in [5.74, 6) is -0.209. The van der Waals surface area contributed by atoms with Gasteiger partial charge >= 0.3 is 0 Å². The number of rotatable bonds is 7. The zero-order valence-electron chi connectivity index (χ0n) is 14.3. The second-order valence-electron chi connectivity index (χ2n) is 7.00. The van der Waals surface area contributed by atoms with Crippen molar-refractivity contribution in [2.24, 2.45) is 11.3 Å². The Balaban J connectivity index is 3.01. The SMILES string of the molecule is CCOC1OC(C)(COC)C(CC(C)(C)CC)C(O)C1O. The van der Waals surface area contributed by atoms with Crippen LogP contribution in [0.5, 0.6) is 0 Å². The molecule has 126 valence electrons. The monoisotopic (exact) mass is 304 g/mol. The van der Waals surface area contributed by atoms with E-state index in [4.69, 9.17) is 14.2 Å². The van der Waals surface area contributed by atoms with E-state index in [1.807, 2.05) is 13.8 Å². The maximum Gasteiger partial charge on any atom is 0.186 e. The van der Waals surface area contributed by atoms with Gasteiger partial charge in [-0.05, 0) is 25.7 Å². The van der Waals surface area contributed by atoms with E-state index < -0.39 is 24.1 Å². The molecule has 5 unspecified atom stereocenters. The first-order chi connectivity index (χ1) is 9.70. The van der Waals surface area contributed by atoms with Crippen molar-refractivity contribution in [2.75, 3.05) is 20.3 Å². The number of hydrogen-bond acceptors (Lipinski definition) is 5. The van der Waals surface area contributed by atoms with Crippen molar-refractivity contribution in [2.45, 2.75) is 71.6 Å². The highest BCUT2D eigenvalue weighted by Gasteiger charge is 2.52. The van der Waals surface area contributed by atoms with Crippen molar-refractivity contribution < 1.29 is 24.4 Å². The molecular formula is C16H32O5. The van der Waals surface area contributed by atoms with Crippen LogP contribution < -0.4 is 0 Å². The molecule has 5 heteroatoms. The van der Waals surface area contributed by atoms with Gasteiger partial charge in [-0.1, -0.05) is 27.2 Å². The molecule has 0 bridgehead atoms. The Morgan fingerprint density at radius 1 is 1.19 bits per heavy atom. The summed E-state index contributed by atoms with van der Waals surface area (Å²) >= 11 is 0. The molecule has 0 aliphatic carbocycles. The molecule has 0 amide bonds. The van der Waals surface area contributed by atoms with Crippen molar-refractivity contribution >= 4 is 0 Å². The first-order valence-corrected chi connectivity index (χ1v) is 7.85. The van der Waals surface area contributed by atoms with Crippen LogP contribution >= 0.6 is 0 Å².